The molecule has 2 aliphatic heterocycles. The second kappa shape index (κ2) is 6.15. The van der Waals surface area contributed by atoms with Crippen molar-refractivity contribution in [3.63, 3.8) is 0 Å². The van der Waals surface area contributed by atoms with Crippen LogP contribution in [0.1, 0.15) is 6.42 Å². The third-order valence-electron chi connectivity index (χ3n) is 3.88. The molecule has 1 saturated heterocycles. The highest BCUT2D eigenvalue weighted by molar-refractivity contribution is 6.07. The first kappa shape index (κ1) is 14.5. The number of benzene rings is 1. The summed E-state index contributed by atoms with van der Waals surface area (Å²) in [6.45, 7) is 2.98. The Hall–Kier alpha value is -2.41. The van der Waals surface area contributed by atoms with Gasteiger partial charge in [-0.3, -0.25) is 14.9 Å². The van der Waals surface area contributed by atoms with Crippen LogP contribution in [0.15, 0.2) is 36.0 Å². The second-order valence-electron chi connectivity index (χ2n) is 5.18. The predicted molar refractivity (Wildman–Crippen MR) is 80.5 cm³/mol. The van der Waals surface area contributed by atoms with E-state index in [1.807, 2.05) is 11.0 Å². The summed E-state index contributed by atoms with van der Waals surface area (Å²) in [5.41, 5.74) is 0.933. The fraction of sp³-hybridized carbons (Fsp3) is 0.400. The number of carbonyl (C=O) groups is 1. The number of nitro benzene ring substituents is 1. The predicted octanol–water partition coefficient (Wildman–Crippen LogP) is 1.55. The van der Waals surface area contributed by atoms with E-state index < -0.39 is 4.92 Å². The minimum atomic E-state index is -0.449. The lowest BCUT2D eigenvalue weighted by Crippen LogP contribution is -2.45. The molecule has 2 aliphatic rings. The zero-order valence-corrected chi connectivity index (χ0v) is 12.1. The van der Waals surface area contributed by atoms with Crippen LogP contribution in [0.5, 0.6) is 0 Å². The van der Waals surface area contributed by atoms with E-state index in [9.17, 15) is 14.9 Å². The highest BCUT2D eigenvalue weighted by atomic mass is 16.6. The third kappa shape index (κ3) is 2.67. The van der Waals surface area contributed by atoms with Crippen LogP contribution in [0.25, 0.3) is 0 Å². The van der Waals surface area contributed by atoms with Crippen LogP contribution in [-0.4, -0.2) is 48.6 Å². The Morgan fingerprint density at radius 1 is 1.14 bits per heavy atom. The Morgan fingerprint density at radius 2 is 1.86 bits per heavy atom. The van der Waals surface area contributed by atoms with Gasteiger partial charge < -0.3 is 14.5 Å². The Balaban J connectivity index is 1.89. The second-order valence-corrected chi connectivity index (χ2v) is 5.18. The molecular formula is C15H17N3O4. The van der Waals surface area contributed by atoms with Gasteiger partial charge in [0.1, 0.15) is 5.69 Å². The van der Waals surface area contributed by atoms with Crippen LogP contribution in [0, 0.1) is 10.1 Å². The molecule has 0 N–H and O–H groups in total. The van der Waals surface area contributed by atoms with E-state index in [1.165, 1.54) is 11.0 Å². The van der Waals surface area contributed by atoms with Crippen molar-refractivity contribution in [1.29, 1.82) is 0 Å². The van der Waals surface area contributed by atoms with E-state index in [4.69, 9.17) is 4.74 Å². The van der Waals surface area contributed by atoms with Crippen LogP contribution in [0.3, 0.4) is 0 Å². The number of amides is 1. The molecule has 1 aromatic carbocycles. The lowest BCUT2D eigenvalue weighted by molar-refractivity contribution is -0.384. The van der Waals surface area contributed by atoms with Crippen molar-refractivity contribution in [3.05, 3.63) is 46.2 Å². The SMILES string of the molecule is O=C1C(N2CCOCC2)=CCCN1c1ccccc1[N+](=O)[O-]. The molecule has 1 fully saturated rings. The zero-order chi connectivity index (χ0) is 15.5. The molecular weight excluding hydrogens is 286 g/mol. The molecule has 116 valence electrons. The highest BCUT2D eigenvalue weighted by Crippen LogP contribution is 2.31. The standard InChI is InChI=1S/C15H17N3O4/c19-15-14(16-8-10-22-11-9-16)6-3-7-17(15)12-4-1-2-5-13(12)18(20)21/h1-2,4-6H,3,7-11H2. The maximum atomic E-state index is 12.8. The molecule has 0 radical (unpaired) electrons. The van der Waals surface area contributed by atoms with Crippen molar-refractivity contribution in [2.24, 2.45) is 0 Å². The van der Waals surface area contributed by atoms with E-state index in [-0.39, 0.29) is 11.6 Å². The number of anilines is 1. The summed E-state index contributed by atoms with van der Waals surface area (Å²) in [5.74, 6) is -0.178. The molecule has 2 heterocycles. The third-order valence-corrected chi connectivity index (χ3v) is 3.88. The molecule has 0 spiro atoms. The molecule has 1 amide bonds. The summed E-state index contributed by atoms with van der Waals surface area (Å²) in [4.78, 5) is 27.0. The van der Waals surface area contributed by atoms with Gasteiger partial charge in [0.05, 0.1) is 23.8 Å². The Bertz CT molecular complexity index is 623. The fourth-order valence-electron chi connectivity index (χ4n) is 2.80. The summed E-state index contributed by atoms with van der Waals surface area (Å²) >= 11 is 0. The number of hydrogen-bond acceptors (Lipinski definition) is 5. The fourth-order valence-corrected chi connectivity index (χ4v) is 2.80. The van der Waals surface area contributed by atoms with Gasteiger partial charge >= 0.3 is 0 Å². The minimum absolute atomic E-state index is 0.0425. The van der Waals surface area contributed by atoms with E-state index >= 15 is 0 Å². The first-order valence-corrected chi connectivity index (χ1v) is 7.26. The van der Waals surface area contributed by atoms with E-state index in [0.717, 1.165) is 0 Å². The number of para-hydroxylation sites is 2. The summed E-state index contributed by atoms with van der Waals surface area (Å²) < 4.78 is 5.30. The van der Waals surface area contributed by atoms with Gasteiger partial charge in [0.15, 0.2) is 0 Å². The van der Waals surface area contributed by atoms with E-state index in [1.54, 1.807) is 18.2 Å². The lowest BCUT2D eigenvalue weighted by atomic mass is 10.1. The number of ether oxygens (including phenoxy) is 1. The largest absolute Gasteiger partial charge is 0.378 e. The Labute approximate surface area is 127 Å². The summed E-state index contributed by atoms with van der Waals surface area (Å²) in [6, 6.07) is 6.37. The first-order valence-electron chi connectivity index (χ1n) is 7.26. The van der Waals surface area contributed by atoms with Gasteiger partial charge in [0.25, 0.3) is 11.6 Å². The molecule has 3 rings (SSSR count). The number of hydrogen-bond donors (Lipinski definition) is 0. The molecule has 0 atom stereocenters. The van der Waals surface area contributed by atoms with Crippen molar-refractivity contribution >= 4 is 17.3 Å². The molecule has 0 saturated carbocycles. The van der Waals surface area contributed by atoms with Crippen LogP contribution in [0.2, 0.25) is 0 Å². The van der Waals surface area contributed by atoms with Crippen LogP contribution < -0.4 is 4.90 Å². The average Bonchev–Trinajstić information content (AvgIpc) is 2.56. The van der Waals surface area contributed by atoms with Gasteiger partial charge in [-0.25, -0.2) is 0 Å². The van der Waals surface area contributed by atoms with Crippen LogP contribution in [0.4, 0.5) is 11.4 Å². The van der Waals surface area contributed by atoms with Gasteiger partial charge in [-0.15, -0.1) is 0 Å². The monoisotopic (exact) mass is 303 g/mol. The molecule has 0 aromatic heterocycles. The zero-order valence-electron chi connectivity index (χ0n) is 12.1. The van der Waals surface area contributed by atoms with Gasteiger partial charge in [-0.1, -0.05) is 18.2 Å². The molecule has 0 bridgehead atoms. The van der Waals surface area contributed by atoms with Crippen molar-refractivity contribution in [1.82, 2.24) is 4.90 Å². The number of nitrogens with zero attached hydrogens (tertiary/aromatic N) is 3. The quantitative estimate of drug-likeness (QED) is 0.625. The van der Waals surface area contributed by atoms with Gasteiger partial charge in [-0.05, 0) is 12.5 Å². The van der Waals surface area contributed by atoms with Crippen molar-refractivity contribution in [3.8, 4) is 0 Å². The molecule has 1 aromatic rings. The van der Waals surface area contributed by atoms with Crippen molar-refractivity contribution in [2.75, 3.05) is 37.7 Å². The smallest absolute Gasteiger partial charge is 0.292 e. The van der Waals surface area contributed by atoms with Gasteiger partial charge in [-0.2, -0.15) is 0 Å². The number of nitro groups is 1. The molecule has 0 unspecified atom stereocenters. The average molecular weight is 303 g/mol. The normalized spacial score (nSPS) is 19.1. The highest BCUT2D eigenvalue weighted by Gasteiger charge is 2.31. The molecule has 22 heavy (non-hydrogen) atoms. The summed E-state index contributed by atoms with van der Waals surface area (Å²) in [7, 11) is 0. The Morgan fingerprint density at radius 3 is 2.59 bits per heavy atom. The number of carbonyl (C=O) groups excluding carboxylic acids is 1. The van der Waals surface area contributed by atoms with Crippen molar-refractivity contribution < 1.29 is 14.5 Å². The van der Waals surface area contributed by atoms with E-state index in [2.05, 4.69) is 0 Å². The topological polar surface area (TPSA) is 75.9 Å². The van der Waals surface area contributed by atoms with Crippen LogP contribution in [-0.2, 0) is 9.53 Å². The summed E-state index contributed by atoms with van der Waals surface area (Å²) in [5, 5.41) is 11.2. The maximum Gasteiger partial charge on any atom is 0.292 e. The first-order chi connectivity index (χ1) is 10.7. The maximum absolute atomic E-state index is 12.8. The number of morpholine rings is 1. The van der Waals surface area contributed by atoms with Gasteiger partial charge in [0, 0.05) is 25.7 Å². The molecule has 0 aliphatic carbocycles. The van der Waals surface area contributed by atoms with Crippen LogP contribution >= 0.6 is 0 Å². The van der Waals surface area contributed by atoms with Gasteiger partial charge in [0.2, 0.25) is 0 Å². The summed E-state index contributed by atoms with van der Waals surface area (Å²) in [6.07, 6.45) is 2.60. The van der Waals surface area contributed by atoms with E-state index in [0.29, 0.717) is 50.7 Å². The lowest BCUT2D eigenvalue weighted by Gasteiger charge is -2.35. The molecule has 7 heteroatoms. The number of rotatable bonds is 3. The van der Waals surface area contributed by atoms with Crippen molar-refractivity contribution in [2.45, 2.75) is 6.42 Å². The molecule has 7 nitrogen and oxygen atoms in total. The Kier molecular flexibility index (Phi) is 4.06. The minimum Gasteiger partial charge on any atom is -0.378 e.